The maximum Gasteiger partial charge on any atom is 0.251 e. The van der Waals surface area contributed by atoms with Gasteiger partial charge >= 0.3 is 0 Å². The lowest BCUT2D eigenvalue weighted by Crippen LogP contribution is -2.47. The molecule has 1 aliphatic rings. The number of benzene rings is 4. The molecular formula is C36H31ClN4O3. The average molecular weight is 603 g/mol. The SMILES string of the molecule is CC(C)OC[C@@]1(C#N)[C@H](O)c2ccccc2-c2nn(-c3ccccc3)c(-c3ccc(Cl)cc3)c2[C@H]1NC(=O)c1ccccc1. The van der Waals surface area contributed by atoms with Crippen molar-refractivity contribution in [3.63, 3.8) is 0 Å². The van der Waals surface area contributed by atoms with Crippen LogP contribution in [0.4, 0.5) is 0 Å². The molecule has 0 unspecified atom stereocenters. The molecule has 4 aromatic carbocycles. The Morgan fingerprint density at radius 2 is 1.64 bits per heavy atom. The summed E-state index contributed by atoms with van der Waals surface area (Å²) in [5.41, 5.74) is 3.35. The molecule has 6 rings (SSSR count). The molecule has 0 saturated heterocycles. The summed E-state index contributed by atoms with van der Waals surface area (Å²) in [6.45, 7) is 3.60. The molecule has 1 amide bonds. The molecule has 3 atom stereocenters. The van der Waals surface area contributed by atoms with Crippen LogP contribution in [0.2, 0.25) is 5.02 Å². The van der Waals surface area contributed by atoms with Gasteiger partial charge in [-0.3, -0.25) is 4.79 Å². The first-order chi connectivity index (χ1) is 21.3. The van der Waals surface area contributed by atoms with Gasteiger partial charge in [0.1, 0.15) is 11.5 Å². The highest BCUT2D eigenvalue weighted by molar-refractivity contribution is 6.30. The number of fused-ring (bicyclic) bond motifs is 3. The molecule has 1 aromatic heterocycles. The predicted molar refractivity (Wildman–Crippen MR) is 170 cm³/mol. The number of nitrogens with one attached hydrogen (secondary N) is 1. The van der Waals surface area contributed by atoms with Crippen molar-refractivity contribution >= 4 is 17.5 Å². The normalized spacial score (nSPS) is 19.0. The first-order valence-electron chi connectivity index (χ1n) is 14.4. The monoisotopic (exact) mass is 602 g/mol. The molecule has 0 aliphatic heterocycles. The molecule has 1 aliphatic carbocycles. The van der Waals surface area contributed by atoms with Gasteiger partial charge in [-0.1, -0.05) is 84.4 Å². The molecule has 1 heterocycles. The maximum atomic E-state index is 13.9. The largest absolute Gasteiger partial charge is 0.387 e. The summed E-state index contributed by atoms with van der Waals surface area (Å²) >= 11 is 6.32. The molecule has 0 fully saturated rings. The van der Waals surface area contributed by atoms with Gasteiger partial charge in [0.25, 0.3) is 5.91 Å². The minimum Gasteiger partial charge on any atom is -0.387 e. The van der Waals surface area contributed by atoms with Crippen LogP contribution in [0, 0.1) is 16.7 Å². The van der Waals surface area contributed by atoms with Crippen LogP contribution in [-0.2, 0) is 4.74 Å². The Balaban J connectivity index is 1.72. The second-order valence-corrected chi connectivity index (χ2v) is 11.6. The van der Waals surface area contributed by atoms with E-state index in [-0.39, 0.29) is 12.7 Å². The zero-order valence-corrected chi connectivity index (χ0v) is 25.1. The molecular weight excluding hydrogens is 572 g/mol. The van der Waals surface area contributed by atoms with Crippen molar-refractivity contribution in [3.8, 4) is 34.3 Å². The number of ether oxygens (including phenoxy) is 1. The fourth-order valence-corrected chi connectivity index (χ4v) is 5.94. The van der Waals surface area contributed by atoms with Crippen LogP contribution < -0.4 is 5.32 Å². The van der Waals surface area contributed by atoms with Crippen molar-refractivity contribution in [2.24, 2.45) is 5.41 Å². The van der Waals surface area contributed by atoms with E-state index in [2.05, 4.69) is 11.4 Å². The number of aliphatic hydroxyl groups excluding tert-OH is 1. The van der Waals surface area contributed by atoms with Crippen LogP contribution in [0.3, 0.4) is 0 Å². The Hall–Kier alpha value is -4.74. The molecule has 0 spiro atoms. The van der Waals surface area contributed by atoms with Crippen LogP contribution in [0.15, 0.2) is 109 Å². The molecule has 5 aromatic rings. The molecule has 220 valence electrons. The van der Waals surface area contributed by atoms with Crippen LogP contribution in [0.1, 0.15) is 47.5 Å². The highest BCUT2D eigenvalue weighted by Crippen LogP contribution is 2.54. The lowest BCUT2D eigenvalue weighted by atomic mass is 9.72. The number of carbonyl (C=O) groups is 1. The zero-order chi connectivity index (χ0) is 30.8. The van der Waals surface area contributed by atoms with Crippen molar-refractivity contribution < 1.29 is 14.6 Å². The number of hydrogen-bond donors (Lipinski definition) is 2. The smallest absolute Gasteiger partial charge is 0.251 e. The third kappa shape index (κ3) is 5.18. The Morgan fingerprint density at radius 3 is 2.30 bits per heavy atom. The fourth-order valence-electron chi connectivity index (χ4n) is 5.82. The number of carbonyl (C=O) groups excluding carboxylic acids is 1. The highest BCUT2D eigenvalue weighted by Gasteiger charge is 2.53. The minimum absolute atomic E-state index is 0.146. The van der Waals surface area contributed by atoms with E-state index in [1.54, 1.807) is 42.5 Å². The summed E-state index contributed by atoms with van der Waals surface area (Å²) in [6.07, 6.45) is -1.56. The summed E-state index contributed by atoms with van der Waals surface area (Å²) in [5, 5.41) is 32.2. The number of nitriles is 1. The standard InChI is InChI=1S/C36H31ClN4O3/c1-23(2)44-22-36(21-38)33(39-35(43)25-11-5-3-6-12-25)30-31(28-15-9-10-16-29(28)34(36)42)40-41(27-13-7-4-8-14-27)32(30)24-17-19-26(37)20-18-24/h3-20,23,33-34,42H,22H2,1-2H3,(H,39,43)/t33-,34-,36-/m1/s1. The van der Waals surface area contributed by atoms with Gasteiger partial charge in [-0.05, 0) is 55.8 Å². The van der Waals surface area contributed by atoms with Gasteiger partial charge in [0.05, 0.1) is 41.9 Å². The van der Waals surface area contributed by atoms with Gasteiger partial charge in [-0.25, -0.2) is 4.68 Å². The summed E-state index contributed by atoms with van der Waals surface area (Å²) < 4.78 is 7.95. The number of hydrogen-bond acceptors (Lipinski definition) is 5. The van der Waals surface area contributed by atoms with Gasteiger partial charge in [0.15, 0.2) is 0 Å². The first-order valence-corrected chi connectivity index (χ1v) is 14.8. The van der Waals surface area contributed by atoms with Gasteiger partial charge in [-0.15, -0.1) is 0 Å². The number of aromatic nitrogens is 2. The van der Waals surface area contributed by atoms with E-state index in [0.29, 0.717) is 38.7 Å². The van der Waals surface area contributed by atoms with E-state index >= 15 is 0 Å². The van der Waals surface area contributed by atoms with Crippen LogP contribution in [-0.4, -0.2) is 33.5 Å². The Morgan fingerprint density at radius 1 is 1.00 bits per heavy atom. The topological polar surface area (TPSA) is 100 Å². The highest BCUT2D eigenvalue weighted by atomic mass is 35.5. The number of rotatable bonds is 7. The first kappa shape index (κ1) is 29.3. The second-order valence-electron chi connectivity index (χ2n) is 11.1. The second kappa shape index (κ2) is 12.1. The van der Waals surface area contributed by atoms with E-state index in [1.165, 1.54) is 0 Å². The Labute approximate surface area is 261 Å². The predicted octanol–water partition coefficient (Wildman–Crippen LogP) is 7.31. The van der Waals surface area contributed by atoms with Gasteiger partial charge in [0, 0.05) is 27.3 Å². The molecule has 0 radical (unpaired) electrons. The molecule has 8 heteroatoms. The lowest BCUT2D eigenvalue weighted by Gasteiger charge is -2.38. The van der Waals surface area contributed by atoms with Crippen LogP contribution in [0.25, 0.3) is 28.2 Å². The van der Waals surface area contributed by atoms with Crippen LogP contribution in [0.5, 0.6) is 0 Å². The Bertz CT molecular complexity index is 1830. The Kier molecular flexibility index (Phi) is 8.07. The minimum atomic E-state index is -1.64. The molecule has 7 nitrogen and oxygen atoms in total. The number of para-hydroxylation sites is 1. The van der Waals surface area contributed by atoms with Crippen molar-refractivity contribution in [1.29, 1.82) is 5.26 Å². The van der Waals surface area contributed by atoms with E-state index < -0.39 is 23.5 Å². The van der Waals surface area contributed by atoms with E-state index in [4.69, 9.17) is 21.4 Å². The van der Waals surface area contributed by atoms with Gasteiger partial charge < -0.3 is 15.2 Å². The molecule has 0 saturated carbocycles. The average Bonchev–Trinajstić information content (AvgIpc) is 3.42. The van der Waals surface area contributed by atoms with E-state index in [1.807, 2.05) is 85.3 Å². The summed E-state index contributed by atoms with van der Waals surface area (Å²) in [7, 11) is 0. The lowest BCUT2D eigenvalue weighted by molar-refractivity contribution is -0.0501. The van der Waals surface area contributed by atoms with Gasteiger partial charge in [-0.2, -0.15) is 10.4 Å². The van der Waals surface area contributed by atoms with Crippen LogP contribution >= 0.6 is 11.6 Å². The van der Waals surface area contributed by atoms with Crippen molar-refractivity contribution in [3.05, 3.63) is 131 Å². The van der Waals surface area contributed by atoms with Crippen molar-refractivity contribution in [2.45, 2.75) is 32.1 Å². The van der Waals surface area contributed by atoms with Gasteiger partial charge in [0.2, 0.25) is 0 Å². The quantitative estimate of drug-likeness (QED) is 0.203. The zero-order valence-electron chi connectivity index (χ0n) is 24.3. The number of nitrogens with zero attached hydrogens (tertiary/aromatic N) is 3. The fraction of sp³-hybridized carbons (Fsp3) is 0.194. The summed E-state index contributed by atoms with van der Waals surface area (Å²) in [5.74, 6) is -0.390. The number of amides is 1. The number of halogens is 1. The van der Waals surface area contributed by atoms with E-state index in [0.717, 1.165) is 11.3 Å². The summed E-state index contributed by atoms with van der Waals surface area (Å²) in [6, 6.07) is 34.7. The van der Waals surface area contributed by atoms with Crippen molar-refractivity contribution in [2.75, 3.05) is 6.61 Å². The van der Waals surface area contributed by atoms with Crippen molar-refractivity contribution in [1.82, 2.24) is 15.1 Å². The molecule has 44 heavy (non-hydrogen) atoms. The maximum absolute atomic E-state index is 13.9. The third-order valence-corrected chi connectivity index (χ3v) is 8.27. The molecule has 0 bridgehead atoms. The third-order valence-electron chi connectivity index (χ3n) is 8.02. The molecule has 2 N–H and O–H groups in total. The number of aliphatic hydroxyl groups is 1. The van der Waals surface area contributed by atoms with E-state index in [9.17, 15) is 15.2 Å². The summed E-state index contributed by atoms with van der Waals surface area (Å²) in [4.78, 5) is 13.9.